The second kappa shape index (κ2) is 8.34. The van der Waals surface area contributed by atoms with Crippen LogP contribution in [0.3, 0.4) is 0 Å². The quantitative estimate of drug-likeness (QED) is 0.855. The maximum atomic E-state index is 12.7. The summed E-state index contributed by atoms with van der Waals surface area (Å²) in [6, 6.07) is 3.70. The first-order chi connectivity index (χ1) is 10.8. The molecule has 1 amide bonds. The maximum Gasteiger partial charge on any atom is 0.265 e. The van der Waals surface area contributed by atoms with Crippen LogP contribution >= 0.6 is 36.2 Å². The molecule has 0 bridgehead atoms. The number of hydrogen-bond donors (Lipinski definition) is 1. The van der Waals surface area contributed by atoms with Crippen LogP contribution in [0, 0.1) is 11.8 Å². The fraction of sp³-hybridized carbons (Fsp3) is 0.500. The first-order valence-electron chi connectivity index (χ1n) is 7.81. The Kier molecular flexibility index (Phi) is 6.69. The van der Waals surface area contributed by atoms with Gasteiger partial charge < -0.3 is 14.6 Å². The Morgan fingerprint density at radius 3 is 2.58 bits per heavy atom. The monoisotopic (exact) mass is 389 g/mol. The average molecular weight is 390 g/mol. The van der Waals surface area contributed by atoms with Gasteiger partial charge in [0.05, 0.1) is 12.5 Å². The van der Waals surface area contributed by atoms with Crippen LogP contribution in [0.2, 0.25) is 0 Å². The molecule has 8 heteroatoms. The third-order valence-corrected chi connectivity index (χ3v) is 5.75. The van der Waals surface area contributed by atoms with Crippen molar-refractivity contribution < 1.29 is 9.21 Å². The van der Waals surface area contributed by atoms with Crippen molar-refractivity contribution in [3.05, 3.63) is 29.5 Å². The minimum atomic E-state index is 0. The molecule has 2 saturated heterocycles. The lowest BCUT2D eigenvalue weighted by Gasteiger charge is -2.19. The molecule has 0 aromatic carbocycles. The van der Waals surface area contributed by atoms with Crippen LogP contribution in [-0.2, 0) is 0 Å². The number of amides is 1. The molecule has 0 aliphatic carbocycles. The van der Waals surface area contributed by atoms with Gasteiger partial charge >= 0.3 is 0 Å². The minimum absolute atomic E-state index is 0. The van der Waals surface area contributed by atoms with Gasteiger partial charge in [-0.25, -0.2) is 4.98 Å². The zero-order valence-corrected chi connectivity index (χ0v) is 15.6. The van der Waals surface area contributed by atoms with E-state index in [1.54, 1.807) is 12.5 Å². The Morgan fingerprint density at radius 1 is 1.25 bits per heavy atom. The number of nitrogens with one attached hydrogen (secondary N) is 1. The highest BCUT2D eigenvalue weighted by molar-refractivity contribution is 7.16. The number of fused-ring (bicyclic) bond motifs is 1. The molecule has 5 nitrogen and oxygen atoms in total. The Morgan fingerprint density at radius 2 is 1.96 bits per heavy atom. The largest absolute Gasteiger partial charge is 0.462 e. The number of furan rings is 1. The summed E-state index contributed by atoms with van der Waals surface area (Å²) >= 11 is 1.41. The standard InChI is InChI=1S/C16H19N3O2S.2ClH/c20-16(14-10-18-15(22-14)13-2-1-7-21-13)19-5-3-11-8-17-9-12(11)4-6-19;;/h1-2,7,10-12,17H,3-6,8-9H2;2*1H/t11-,12+;;. The Labute approximate surface area is 157 Å². The van der Waals surface area contributed by atoms with Crippen molar-refractivity contribution in [2.45, 2.75) is 12.8 Å². The number of aromatic nitrogens is 1. The van der Waals surface area contributed by atoms with Crippen LogP contribution in [0.15, 0.2) is 29.0 Å². The first kappa shape index (κ1) is 19.2. The molecular formula is C16H21Cl2N3O2S. The summed E-state index contributed by atoms with van der Waals surface area (Å²) in [7, 11) is 0. The van der Waals surface area contributed by atoms with Crippen molar-refractivity contribution in [2.75, 3.05) is 26.2 Å². The fourth-order valence-corrected chi connectivity index (χ4v) is 4.32. The predicted molar refractivity (Wildman–Crippen MR) is 99.3 cm³/mol. The molecular weight excluding hydrogens is 369 g/mol. The predicted octanol–water partition coefficient (Wildman–Crippen LogP) is 3.32. The van der Waals surface area contributed by atoms with Crippen molar-refractivity contribution >= 4 is 42.1 Å². The van der Waals surface area contributed by atoms with Crippen LogP contribution in [0.4, 0.5) is 0 Å². The highest BCUT2D eigenvalue weighted by Gasteiger charge is 2.32. The third kappa shape index (κ3) is 3.77. The normalized spacial score (nSPS) is 22.9. The van der Waals surface area contributed by atoms with Gasteiger partial charge in [0.15, 0.2) is 10.8 Å². The second-order valence-corrected chi connectivity index (χ2v) is 7.09. The summed E-state index contributed by atoms with van der Waals surface area (Å²) in [5, 5.41) is 4.23. The molecule has 2 aromatic heterocycles. The Bertz CT molecular complexity index is 648. The van der Waals surface area contributed by atoms with Crippen molar-refractivity contribution in [3.63, 3.8) is 0 Å². The van der Waals surface area contributed by atoms with Crippen LogP contribution in [0.5, 0.6) is 0 Å². The van der Waals surface area contributed by atoms with E-state index in [-0.39, 0.29) is 30.7 Å². The molecule has 2 aromatic rings. The average Bonchev–Trinajstić information content (AvgIpc) is 3.26. The van der Waals surface area contributed by atoms with Crippen molar-refractivity contribution in [3.8, 4) is 10.8 Å². The molecule has 0 spiro atoms. The topological polar surface area (TPSA) is 58.4 Å². The SMILES string of the molecule is Cl.Cl.O=C(c1cnc(-c2ccco2)s1)N1CC[C@@H]2CNC[C@@H]2CC1. The van der Waals surface area contributed by atoms with Crippen LogP contribution in [-0.4, -0.2) is 42.0 Å². The number of likely N-dealkylation sites (tertiary alicyclic amines) is 1. The Hall–Kier alpha value is -1.08. The summed E-state index contributed by atoms with van der Waals surface area (Å²) in [5.74, 6) is 2.31. The molecule has 2 aliphatic heterocycles. The number of halogens is 2. The summed E-state index contributed by atoms with van der Waals surface area (Å²) in [6.07, 6.45) is 5.51. The lowest BCUT2D eigenvalue weighted by atomic mass is 9.92. The van der Waals surface area contributed by atoms with E-state index in [4.69, 9.17) is 4.42 Å². The van der Waals surface area contributed by atoms with Crippen molar-refractivity contribution in [2.24, 2.45) is 11.8 Å². The maximum absolute atomic E-state index is 12.7. The van der Waals surface area contributed by atoms with E-state index in [9.17, 15) is 4.79 Å². The molecule has 24 heavy (non-hydrogen) atoms. The van der Waals surface area contributed by atoms with E-state index < -0.39 is 0 Å². The number of carbonyl (C=O) groups is 1. The van der Waals surface area contributed by atoms with Crippen molar-refractivity contribution in [1.29, 1.82) is 0 Å². The van der Waals surface area contributed by atoms with Gasteiger partial charge in [-0.05, 0) is 49.9 Å². The van der Waals surface area contributed by atoms with Gasteiger partial charge in [-0.2, -0.15) is 0 Å². The number of rotatable bonds is 2. The van der Waals surface area contributed by atoms with E-state index in [0.717, 1.165) is 61.6 Å². The summed E-state index contributed by atoms with van der Waals surface area (Å²) in [6.45, 7) is 3.93. The molecule has 2 atom stereocenters. The zero-order chi connectivity index (χ0) is 14.9. The van der Waals surface area contributed by atoms with Crippen molar-refractivity contribution in [1.82, 2.24) is 15.2 Å². The highest BCUT2D eigenvalue weighted by atomic mass is 35.5. The molecule has 4 heterocycles. The second-order valence-electron chi connectivity index (χ2n) is 6.05. The van der Waals surface area contributed by atoms with E-state index in [2.05, 4.69) is 10.3 Å². The molecule has 2 fully saturated rings. The van der Waals surface area contributed by atoms with E-state index >= 15 is 0 Å². The molecule has 4 rings (SSSR count). The number of thiazole rings is 1. The number of hydrogen-bond acceptors (Lipinski definition) is 5. The lowest BCUT2D eigenvalue weighted by Crippen LogP contribution is -2.32. The van der Waals surface area contributed by atoms with Gasteiger partial charge in [0.1, 0.15) is 4.88 Å². The molecule has 2 aliphatic rings. The summed E-state index contributed by atoms with van der Waals surface area (Å²) in [4.78, 5) is 19.7. The summed E-state index contributed by atoms with van der Waals surface area (Å²) < 4.78 is 5.34. The van der Waals surface area contributed by atoms with Crippen LogP contribution in [0.25, 0.3) is 10.8 Å². The number of nitrogens with zero attached hydrogens (tertiary/aromatic N) is 2. The molecule has 1 N–H and O–H groups in total. The molecule has 0 unspecified atom stereocenters. The zero-order valence-electron chi connectivity index (χ0n) is 13.1. The van der Waals surface area contributed by atoms with Gasteiger partial charge in [-0.3, -0.25) is 4.79 Å². The highest BCUT2D eigenvalue weighted by Crippen LogP contribution is 2.30. The van der Waals surface area contributed by atoms with Gasteiger partial charge in [-0.15, -0.1) is 36.2 Å². The summed E-state index contributed by atoms with van der Waals surface area (Å²) in [5.41, 5.74) is 0. The third-order valence-electron chi connectivity index (χ3n) is 4.75. The van der Waals surface area contributed by atoms with E-state index in [1.807, 2.05) is 17.0 Å². The lowest BCUT2D eigenvalue weighted by molar-refractivity contribution is 0.0763. The van der Waals surface area contributed by atoms with Gasteiger partial charge in [0.25, 0.3) is 5.91 Å². The molecule has 132 valence electrons. The van der Waals surface area contributed by atoms with Gasteiger partial charge in [0.2, 0.25) is 0 Å². The first-order valence-corrected chi connectivity index (χ1v) is 8.62. The molecule has 0 saturated carbocycles. The fourth-order valence-electron chi connectivity index (χ4n) is 3.46. The number of carbonyl (C=O) groups excluding carboxylic acids is 1. The Balaban J connectivity index is 0.00000104. The molecule has 0 radical (unpaired) electrons. The van der Waals surface area contributed by atoms with Crippen LogP contribution < -0.4 is 5.32 Å². The van der Waals surface area contributed by atoms with Crippen LogP contribution in [0.1, 0.15) is 22.5 Å². The van der Waals surface area contributed by atoms with Gasteiger partial charge in [-0.1, -0.05) is 0 Å². The van der Waals surface area contributed by atoms with Gasteiger partial charge in [0, 0.05) is 13.1 Å². The van der Waals surface area contributed by atoms with E-state index in [0.29, 0.717) is 4.88 Å². The minimum Gasteiger partial charge on any atom is -0.462 e. The smallest absolute Gasteiger partial charge is 0.265 e. The van der Waals surface area contributed by atoms with E-state index in [1.165, 1.54) is 11.3 Å².